The van der Waals surface area contributed by atoms with Crippen molar-refractivity contribution in [3.05, 3.63) is 42.9 Å². The van der Waals surface area contributed by atoms with Gasteiger partial charge in [0.2, 0.25) is 11.7 Å². The Bertz CT molecular complexity index is 951. The van der Waals surface area contributed by atoms with Crippen LogP contribution in [0.5, 0.6) is 5.75 Å². The van der Waals surface area contributed by atoms with Crippen LogP contribution in [0.1, 0.15) is 20.3 Å². The van der Waals surface area contributed by atoms with Gasteiger partial charge in [-0.3, -0.25) is 9.78 Å². The molecule has 8 nitrogen and oxygen atoms in total. The van der Waals surface area contributed by atoms with E-state index in [-0.39, 0.29) is 12.0 Å². The Balaban J connectivity index is 1.46. The van der Waals surface area contributed by atoms with Crippen molar-refractivity contribution in [2.75, 3.05) is 13.1 Å². The number of benzene rings is 1. The van der Waals surface area contributed by atoms with E-state index in [0.29, 0.717) is 54.2 Å². The summed E-state index contributed by atoms with van der Waals surface area (Å²) >= 11 is 0. The van der Waals surface area contributed by atoms with Gasteiger partial charge in [-0.2, -0.15) is 4.98 Å². The third-order valence-electron chi connectivity index (χ3n) is 4.41. The molecule has 2 aromatic heterocycles. The highest BCUT2D eigenvalue weighted by atomic mass is 16.5. The van der Waals surface area contributed by atoms with Crippen LogP contribution < -0.4 is 4.74 Å². The van der Waals surface area contributed by atoms with Crippen LogP contribution in [0.4, 0.5) is 0 Å². The number of aromatic nitrogens is 4. The fourth-order valence-corrected chi connectivity index (χ4v) is 2.97. The van der Waals surface area contributed by atoms with Gasteiger partial charge in [0.05, 0.1) is 24.8 Å². The van der Waals surface area contributed by atoms with Gasteiger partial charge >= 0.3 is 0 Å². The number of nitrogens with zero attached hydrogens (tertiary/aromatic N) is 5. The first kappa shape index (κ1) is 18.1. The molecular weight excluding hydrogens is 358 g/mol. The average molecular weight is 379 g/mol. The largest absolute Gasteiger partial charge is 0.486 e. The molecule has 0 radical (unpaired) electrons. The van der Waals surface area contributed by atoms with Gasteiger partial charge in [0.25, 0.3) is 5.89 Å². The lowest BCUT2D eigenvalue weighted by Crippen LogP contribution is -2.56. The first-order valence-corrected chi connectivity index (χ1v) is 9.24. The molecule has 28 heavy (non-hydrogen) atoms. The molecule has 3 heterocycles. The van der Waals surface area contributed by atoms with E-state index in [1.54, 1.807) is 18.6 Å². The number of carbonyl (C=O) groups excluding carboxylic acids is 1. The minimum Gasteiger partial charge on any atom is -0.486 e. The maximum absolute atomic E-state index is 12.1. The van der Waals surface area contributed by atoms with Crippen molar-refractivity contribution < 1.29 is 14.1 Å². The Morgan fingerprint density at radius 3 is 2.86 bits per heavy atom. The molecule has 0 atom stereocenters. The van der Waals surface area contributed by atoms with Crippen LogP contribution in [-0.2, 0) is 4.79 Å². The average Bonchev–Trinajstić information content (AvgIpc) is 3.14. The summed E-state index contributed by atoms with van der Waals surface area (Å²) in [6.45, 7) is 5.27. The van der Waals surface area contributed by atoms with Crippen LogP contribution >= 0.6 is 0 Å². The summed E-state index contributed by atoms with van der Waals surface area (Å²) in [5.41, 5.74) is 1.24. The summed E-state index contributed by atoms with van der Waals surface area (Å²) in [7, 11) is 0. The van der Waals surface area contributed by atoms with Crippen molar-refractivity contribution in [1.29, 1.82) is 0 Å². The van der Waals surface area contributed by atoms with Crippen LogP contribution in [0, 0.1) is 5.92 Å². The molecule has 1 amide bonds. The van der Waals surface area contributed by atoms with Crippen molar-refractivity contribution >= 4 is 5.91 Å². The van der Waals surface area contributed by atoms with E-state index < -0.39 is 0 Å². The van der Waals surface area contributed by atoms with E-state index >= 15 is 0 Å². The number of para-hydroxylation sites is 1. The van der Waals surface area contributed by atoms with Gasteiger partial charge in [0.15, 0.2) is 0 Å². The van der Waals surface area contributed by atoms with E-state index in [9.17, 15) is 4.79 Å². The molecule has 4 rings (SSSR count). The molecule has 1 aromatic carbocycles. The minimum atomic E-state index is -0.0420. The summed E-state index contributed by atoms with van der Waals surface area (Å²) < 4.78 is 11.5. The second kappa shape index (κ2) is 7.75. The smallest absolute Gasteiger partial charge is 0.262 e. The molecular formula is C20H21N5O3. The highest BCUT2D eigenvalue weighted by Gasteiger charge is 2.33. The highest BCUT2D eigenvalue weighted by Crippen LogP contribution is 2.31. The van der Waals surface area contributed by atoms with Crippen LogP contribution in [0.2, 0.25) is 0 Å². The molecule has 1 fully saturated rings. The SMILES string of the molecule is CC(C)CC(=O)N1CC(Oc2ccccc2-c2nc(-c3cnccn3)no2)C1. The molecule has 0 N–H and O–H groups in total. The Hall–Kier alpha value is -3.29. The number of ether oxygens (including phenoxy) is 1. The summed E-state index contributed by atoms with van der Waals surface area (Å²) in [6.07, 6.45) is 5.26. The first-order valence-electron chi connectivity index (χ1n) is 9.24. The maximum Gasteiger partial charge on any atom is 0.262 e. The number of rotatable bonds is 6. The zero-order chi connectivity index (χ0) is 19.5. The van der Waals surface area contributed by atoms with Crippen LogP contribution in [-0.4, -0.2) is 50.1 Å². The monoisotopic (exact) mass is 379 g/mol. The maximum atomic E-state index is 12.1. The van der Waals surface area contributed by atoms with Gasteiger partial charge < -0.3 is 14.2 Å². The second-order valence-electron chi connectivity index (χ2n) is 7.15. The normalized spacial score (nSPS) is 14.2. The standard InChI is InChI=1S/C20H21N5O3/c1-13(2)9-18(26)25-11-14(12-25)27-17-6-4-3-5-15(17)20-23-19(24-28-20)16-10-21-7-8-22-16/h3-8,10,13-14H,9,11-12H2,1-2H3. The molecule has 0 spiro atoms. The number of hydrogen-bond donors (Lipinski definition) is 0. The Morgan fingerprint density at radius 1 is 1.29 bits per heavy atom. The quantitative estimate of drug-likeness (QED) is 0.650. The molecule has 0 unspecified atom stereocenters. The van der Waals surface area contributed by atoms with E-state index in [0.717, 1.165) is 0 Å². The number of likely N-dealkylation sites (tertiary alicyclic amines) is 1. The number of hydrogen-bond acceptors (Lipinski definition) is 7. The van der Waals surface area contributed by atoms with Crippen molar-refractivity contribution in [3.8, 4) is 28.7 Å². The summed E-state index contributed by atoms with van der Waals surface area (Å²) in [5.74, 6) is 1.90. The van der Waals surface area contributed by atoms with Gasteiger partial charge in [-0.1, -0.05) is 31.1 Å². The Kier molecular flexibility index (Phi) is 5.01. The van der Waals surface area contributed by atoms with Crippen LogP contribution in [0.15, 0.2) is 47.4 Å². The summed E-state index contributed by atoms with van der Waals surface area (Å²) in [4.78, 5) is 26.5. The highest BCUT2D eigenvalue weighted by molar-refractivity contribution is 5.77. The van der Waals surface area contributed by atoms with Crippen LogP contribution in [0.25, 0.3) is 23.0 Å². The molecule has 0 aliphatic carbocycles. The summed E-state index contributed by atoms with van der Waals surface area (Å²) in [6, 6.07) is 7.50. The van der Waals surface area contributed by atoms with Crippen molar-refractivity contribution in [2.24, 2.45) is 5.92 Å². The summed E-state index contributed by atoms with van der Waals surface area (Å²) in [5, 5.41) is 3.98. The molecule has 0 bridgehead atoms. The molecule has 144 valence electrons. The zero-order valence-electron chi connectivity index (χ0n) is 15.8. The molecule has 1 aliphatic rings. The minimum absolute atomic E-state index is 0.0420. The van der Waals surface area contributed by atoms with E-state index in [1.807, 2.05) is 43.0 Å². The van der Waals surface area contributed by atoms with Crippen molar-refractivity contribution in [3.63, 3.8) is 0 Å². The van der Waals surface area contributed by atoms with Gasteiger partial charge in [-0.15, -0.1) is 0 Å². The fourth-order valence-electron chi connectivity index (χ4n) is 2.97. The molecule has 1 aliphatic heterocycles. The predicted octanol–water partition coefficient (Wildman–Crippen LogP) is 2.83. The van der Waals surface area contributed by atoms with Gasteiger partial charge in [-0.25, -0.2) is 4.98 Å². The van der Waals surface area contributed by atoms with Gasteiger partial charge in [-0.05, 0) is 18.1 Å². The third kappa shape index (κ3) is 3.85. The van der Waals surface area contributed by atoms with Gasteiger partial charge in [0, 0.05) is 18.8 Å². The van der Waals surface area contributed by atoms with E-state index in [1.165, 1.54) is 0 Å². The molecule has 3 aromatic rings. The third-order valence-corrected chi connectivity index (χ3v) is 4.41. The topological polar surface area (TPSA) is 94.2 Å². The fraction of sp³-hybridized carbons (Fsp3) is 0.350. The van der Waals surface area contributed by atoms with Gasteiger partial charge in [0.1, 0.15) is 17.5 Å². The lowest BCUT2D eigenvalue weighted by atomic mass is 10.1. The predicted molar refractivity (Wildman–Crippen MR) is 101 cm³/mol. The second-order valence-corrected chi connectivity index (χ2v) is 7.15. The first-order chi connectivity index (χ1) is 13.6. The van der Waals surface area contributed by atoms with E-state index in [2.05, 4.69) is 20.1 Å². The van der Waals surface area contributed by atoms with Crippen molar-refractivity contribution in [2.45, 2.75) is 26.4 Å². The molecule has 8 heteroatoms. The van der Waals surface area contributed by atoms with Crippen molar-refractivity contribution in [1.82, 2.24) is 25.0 Å². The van der Waals surface area contributed by atoms with E-state index in [4.69, 9.17) is 9.26 Å². The Labute approximate surface area is 162 Å². The Morgan fingerprint density at radius 2 is 2.11 bits per heavy atom. The molecule has 1 saturated heterocycles. The van der Waals surface area contributed by atoms with Crippen LogP contribution in [0.3, 0.4) is 0 Å². The molecule has 0 saturated carbocycles. The zero-order valence-corrected chi connectivity index (χ0v) is 15.8. The number of amides is 1. The lowest BCUT2D eigenvalue weighted by molar-refractivity contribution is -0.140. The lowest BCUT2D eigenvalue weighted by Gasteiger charge is -2.39. The number of carbonyl (C=O) groups is 1.